The second kappa shape index (κ2) is 4.36. The van der Waals surface area contributed by atoms with Crippen molar-refractivity contribution in [2.45, 2.75) is 0 Å². The summed E-state index contributed by atoms with van der Waals surface area (Å²) >= 11 is 11.4. The molecule has 0 amide bonds. The van der Waals surface area contributed by atoms with Gasteiger partial charge in [-0.05, 0) is 12.1 Å². The quantitative estimate of drug-likeness (QED) is 0.724. The lowest BCUT2D eigenvalue weighted by atomic mass is 10.2. The summed E-state index contributed by atoms with van der Waals surface area (Å²) in [7, 11) is 3.81. The molecular weight excluding hydrogens is 240 g/mol. The Kier molecular flexibility index (Phi) is 3.08. The van der Waals surface area contributed by atoms with E-state index in [-0.39, 0.29) is 0 Å². The topological polar surface area (TPSA) is 16.1 Å². The molecule has 0 radical (unpaired) electrons. The lowest BCUT2D eigenvalue weighted by molar-refractivity contribution is 0.635. The highest BCUT2D eigenvalue weighted by Gasteiger charge is 2.07. The van der Waals surface area contributed by atoms with Crippen molar-refractivity contribution < 1.29 is 0 Å². The molecule has 0 unspecified atom stereocenters. The van der Waals surface area contributed by atoms with E-state index >= 15 is 0 Å². The molecule has 0 spiro atoms. The van der Waals surface area contributed by atoms with Gasteiger partial charge in [-0.1, -0.05) is 42.0 Å². The van der Waals surface area contributed by atoms with Crippen LogP contribution in [0.5, 0.6) is 0 Å². The summed E-state index contributed by atoms with van der Waals surface area (Å²) in [6.45, 7) is 0. The fraction of sp³-hybridized carbons (Fsp3) is 0.167. The molecule has 0 atom stereocenters. The molecule has 82 valence electrons. The molecule has 2 rings (SSSR count). The fourth-order valence-corrected chi connectivity index (χ4v) is 1.80. The molecule has 0 saturated heterocycles. The van der Waals surface area contributed by atoms with Gasteiger partial charge in [-0.3, -0.25) is 0 Å². The summed E-state index contributed by atoms with van der Waals surface area (Å²) in [6.07, 6.45) is 0. The Morgan fingerprint density at radius 1 is 1.25 bits per heavy atom. The minimum Gasteiger partial charge on any atom is -0.367 e. The van der Waals surface area contributed by atoms with Crippen molar-refractivity contribution in [2.24, 2.45) is 0 Å². The zero-order chi connectivity index (χ0) is 11.7. The molecule has 0 saturated carbocycles. The maximum absolute atomic E-state index is 6.09. The number of hydrogen-bond acceptors (Lipinski definition) is 2. The summed E-state index contributed by atoms with van der Waals surface area (Å²) in [6, 6.07) is 9.63. The molecule has 0 N–H and O–H groups in total. The third-order valence-corrected chi connectivity index (χ3v) is 3.18. The normalized spacial score (nSPS) is 10.4. The average Bonchev–Trinajstić information content (AvgIpc) is 2.28. The number of para-hydroxylation sites is 1. The van der Waals surface area contributed by atoms with Crippen LogP contribution in [-0.2, 0) is 0 Å². The fourth-order valence-electron chi connectivity index (χ4n) is 1.46. The van der Waals surface area contributed by atoms with Crippen LogP contribution in [0.25, 0.3) is 10.9 Å². The van der Waals surface area contributed by atoms with Crippen LogP contribution < -0.4 is 0 Å². The first kappa shape index (κ1) is 11.3. The van der Waals surface area contributed by atoms with Gasteiger partial charge in [-0.2, -0.15) is 0 Å². The highest BCUT2D eigenvalue weighted by molar-refractivity contribution is 7.80. The van der Waals surface area contributed by atoms with E-state index in [0.29, 0.717) is 10.0 Å². The molecule has 4 heteroatoms. The van der Waals surface area contributed by atoms with Crippen LogP contribution >= 0.6 is 23.8 Å². The first-order chi connectivity index (χ1) is 7.59. The Hall–Kier alpha value is -1.19. The van der Waals surface area contributed by atoms with Crippen LogP contribution in [0.3, 0.4) is 0 Å². The maximum atomic E-state index is 6.09. The molecule has 0 aliphatic rings. The number of aromatic nitrogens is 1. The number of pyridine rings is 1. The molecule has 1 aromatic heterocycles. The number of hydrogen-bond donors (Lipinski definition) is 0. The van der Waals surface area contributed by atoms with Gasteiger partial charge >= 0.3 is 0 Å². The standard InChI is InChI=1S/C12H11ClN2S/c1-15(2)12(16)10-7-6-8-4-3-5-9(13)11(8)14-10/h3-7H,1-2H3. The minimum atomic E-state index is 0.654. The molecule has 0 aliphatic heterocycles. The summed E-state index contributed by atoms with van der Waals surface area (Å²) in [5, 5.41) is 1.68. The Morgan fingerprint density at radius 3 is 2.69 bits per heavy atom. The van der Waals surface area contributed by atoms with Gasteiger partial charge in [0.15, 0.2) is 0 Å². The largest absolute Gasteiger partial charge is 0.367 e. The van der Waals surface area contributed by atoms with E-state index < -0.39 is 0 Å². The predicted molar refractivity (Wildman–Crippen MR) is 72.1 cm³/mol. The molecule has 16 heavy (non-hydrogen) atoms. The first-order valence-electron chi connectivity index (χ1n) is 4.86. The minimum absolute atomic E-state index is 0.654. The van der Waals surface area contributed by atoms with Gasteiger partial charge in [0, 0.05) is 19.5 Å². The number of benzene rings is 1. The number of halogens is 1. The van der Waals surface area contributed by atoms with E-state index in [1.165, 1.54) is 0 Å². The predicted octanol–water partition coefficient (Wildman–Crippen LogP) is 3.13. The zero-order valence-corrected chi connectivity index (χ0v) is 10.6. The number of nitrogens with zero attached hydrogens (tertiary/aromatic N) is 2. The number of thiocarbonyl (C=S) groups is 1. The third-order valence-electron chi connectivity index (χ3n) is 2.30. The van der Waals surface area contributed by atoms with Crippen LogP contribution in [0.15, 0.2) is 30.3 Å². The molecule has 1 aromatic carbocycles. The maximum Gasteiger partial charge on any atom is 0.127 e. The van der Waals surface area contributed by atoms with Gasteiger partial charge in [-0.15, -0.1) is 0 Å². The van der Waals surface area contributed by atoms with E-state index in [1.54, 1.807) is 0 Å². The summed E-state index contributed by atoms with van der Waals surface area (Å²) < 4.78 is 0. The highest BCUT2D eigenvalue weighted by atomic mass is 35.5. The van der Waals surface area contributed by atoms with Crippen LogP contribution in [0, 0.1) is 0 Å². The third kappa shape index (κ3) is 2.01. The van der Waals surface area contributed by atoms with Crippen molar-refractivity contribution in [1.29, 1.82) is 0 Å². The van der Waals surface area contributed by atoms with Crippen LogP contribution in [-0.4, -0.2) is 29.0 Å². The van der Waals surface area contributed by atoms with Gasteiger partial charge < -0.3 is 4.90 Å². The van der Waals surface area contributed by atoms with Crippen molar-refractivity contribution in [3.8, 4) is 0 Å². The molecule has 1 heterocycles. The SMILES string of the molecule is CN(C)C(=S)c1ccc2cccc(Cl)c2n1. The smallest absolute Gasteiger partial charge is 0.127 e. The molecule has 2 aromatic rings. The van der Waals surface area contributed by atoms with E-state index in [1.807, 2.05) is 49.3 Å². The number of rotatable bonds is 1. The zero-order valence-electron chi connectivity index (χ0n) is 9.07. The lowest BCUT2D eigenvalue weighted by Gasteiger charge is -2.13. The van der Waals surface area contributed by atoms with Crippen molar-refractivity contribution in [1.82, 2.24) is 9.88 Å². The molecule has 2 nitrogen and oxygen atoms in total. The van der Waals surface area contributed by atoms with Gasteiger partial charge in [0.1, 0.15) is 4.99 Å². The van der Waals surface area contributed by atoms with Crippen LogP contribution in [0.2, 0.25) is 5.02 Å². The summed E-state index contributed by atoms with van der Waals surface area (Å²) in [5.74, 6) is 0. The second-order valence-corrected chi connectivity index (χ2v) is 4.50. The molecule has 0 aliphatic carbocycles. The Balaban J connectivity index is 2.59. The Bertz CT molecular complexity index is 552. The van der Waals surface area contributed by atoms with Crippen molar-refractivity contribution in [3.05, 3.63) is 41.0 Å². The average molecular weight is 251 g/mol. The molecule has 0 fully saturated rings. The van der Waals surface area contributed by atoms with E-state index in [9.17, 15) is 0 Å². The van der Waals surface area contributed by atoms with E-state index in [0.717, 1.165) is 16.6 Å². The van der Waals surface area contributed by atoms with E-state index in [4.69, 9.17) is 23.8 Å². The first-order valence-corrected chi connectivity index (χ1v) is 5.65. The Morgan fingerprint density at radius 2 is 2.00 bits per heavy atom. The summed E-state index contributed by atoms with van der Waals surface area (Å²) in [5.41, 5.74) is 1.58. The van der Waals surface area contributed by atoms with E-state index in [2.05, 4.69) is 4.98 Å². The number of fused-ring (bicyclic) bond motifs is 1. The summed E-state index contributed by atoms with van der Waals surface area (Å²) in [4.78, 5) is 7.05. The van der Waals surface area contributed by atoms with Crippen LogP contribution in [0.4, 0.5) is 0 Å². The second-order valence-electron chi connectivity index (χ2n) is 3.71. The van der Waals surface area contributed by atoms with Gasteiger partial charge in [0.25, 0.3) is 0 Å². The monoisotopic (exact) mass is 250 g/mol. The highest BCUT2D eigenvalue weighted by Crippen LogP contribution is 2.21. The van der Waals surface area contributed by atoms with Gasteiger partial charge in [0.05, 0.1) is 16.2 Å². The molecule has 0 bridgehead atoms. The van der Waals surface area contributed by atoms with Gasteiger partial charge in [0.2, 0.25) is 0 Å². The molecular formula is C12H11ClN2S. The van der Waals surface area contributed by atoms with Gasteiger partial charge in [-0.25, -0.2) is 4.98 Å². The Labute approximate surface area is 105 Å². The lowest BCUT2D eigenvalue weighted by Crippen LogP contribution is -2.21. The van der Waals surface area contributed by atoms with Crippen molar-refractivity contribution >= 4 is 39.7 Å². The van der Waals surface area contributed by atoms with Crippen molar-refractivity contribution in [2.75, 3.05) is 14.1 Å². The van der Waals surface area contributed by atoms with Crippen molar-refractivity contribution in [3.63, 3.8) is 0 Å². The van der Waals surface area contributed by atoms with Crippen LogP contribution in [0.1, 0.15) is 5.69 Å².